The first-order valence-corrected chi connectivity index (χ1v) is 46.8. The number of aliphatic carboxylic acids is 2. The number of carbonyl (C=O) groups is 21. The number of primary amides is 2. The molecule has 3 heterocycles. The molecule has 0 saturated carbocycles. The number of carbonyl (C=O) groups excluding carboxylic acids is 19. The summed E-state index contributed by atoms with van der Waals surface area (Å²) in [5, 5.41) is 71.5. The van der Waals surface area contributed by atoms with E-state index in [9.17, 15) is 92.0 Å². The Bertz CT molecular complexity index is 5170. The van der Waals surface area contributed by atoms with Crippen molar-refractivity contribution in [3.8, 4) is 5.75 Å². The first kappa shape index (κ1) is 114. The maximum Gasteiger partial charge on any atom is 0.305 e. The molecule has 1 fully saturated rings. The minimum absolute atomic E-state index is 0.0917. The molecule has 0 aliphatic carbocycles. The maximum absolute atomic E-state index is 15.4. The van der Waals surface area contributed by atoms with Crippen molar-refractivity contribution in [2.24, 2.45) is 28.9 Å². The molecule has 6 rings (SSSR count). The number of hydrogen-bond acceptors (Lipinski definition) is 26. The Labute approximate surface area is 811 Å². The second-order valence-electron chi connectivity index (χ2n) is 34.1. The third kappa shape index (κ3) is 37.8. The zero-order valence-electron chi connectivity index (χ0n) is 78.1. The number of fused-ring (bicyclic) bond motifs is 2. The Morgan fingerprint density at radius 3 is 1.41 bits per heavy atom. The summed E-state index contributed by atoms with van der Waals surface area (Å²) in [6.07, 6.45) is 0.420. The highest BCUT2D eigenvalue weighted by atomic mass is 32.1. The van der Waals surface area contributed by atoms with Crippen molar-refractivity contribution in [3.63, 3.8) is 0 Å². The molecule has 0 radical (unpaired) electrons. The molecule has 47 nitrogen and oxygen atoms in total. The monoisotopic (exact) mass is 1980 g/mol. The number of unbranched alkanes of at least 4 members (excludes halogenated alkanes) is 2. The number of nitrogens with zero attached hydrogens (tertiary/aromatic N) is 1. The molecular formula is C90H129N23O24S2. The number of thiol groups is 2. The van der Waals surface area contributed by atoms with Gasteiger partial charge in [0.2, 0.25) is 112 Å². The zero-order chi connectivity index (χ0) is 103. The Morgan fingerprint density at radius 2 is 0.878 bits per heavy atom. The van der Waals surface area contributed by atoms with Gasteiger partial charge in [-0.1, -0.05) is 62.4 Å². The van der Waals surface area contributed by atoms with Gasteiger partial charge in [0.15, 0.2) is 0 Å². The number of hydrogen-bond donors (Lipinski definition) is 27. The largest absolute Gasteiger partial charge is 0.508 e. The van der Waals surface area contributed by atoms with Gasteiger partial charge in [-0.05, 0) is 151 Å². The van der Waals surface area contributed by atoms with Crippen LogP contribution in [0.1, 0.15) is 155 Å². The number of nitrogens with two attached hydrogens (primary N) is 4. The van der Waals surface area contributed by atoms with Gasteiger partial charge >= 0.3 is 11.9 Å². The third-order valence-electron chi connectivity index (χ3n) is 22.5. The number of para-hydroxylation sites is 2. The summed E-state index contributed by atoms with van der Waals surface area (Å²) >= 11 is 8.48. The number of benzene rings is 3. The van der Waals surface area contributed by atoms with E-state index in [-0.39, 0.29) is 81.0 Å². The number of carboxylic acids is 2. The summed E-state index contributed by atoms with van der Waals surface area (Å²) in [5.74, 6) is -22.2. The summed E-state index contributed by atoms with van der Waals surface area (Å²) in [5.41, 5.74) is 24.5. The number of amides is 19. The van der Waals surface area contributed by atoms with Crippen molar-refractivity contribution in [3.05, 3.63) is 102 Å². The van der Waals surface area contributed by atoms with Gasteiger partial charge in [0.05, 0.1) is 13.0 Å². The molecule has 0 bridgehead atoms. The standard InChI is InChI=1S/C90H129N23O24S2/c1-46(2)36-63(83(130)112-68(44-138)87(134)101-49(5)78(125)100-47(3)77(124)95-34-31-72(117)103-59(76(94)123)20-11-13-32-91)106-85(132)65(39-53-42-97-58-19-10-8-17-56(53)58)108-81(128)61(27-29-71(93)116)104-84(131)64(38-52-41-96-57-18-9-7-16-55(52)57)107-82(129)62(28-30-74(119)120)105-89(136)70-22-15-35-113(70)90(137)67(37-51-23-25-54(115)26-24-51)110-86(133)66(40-75(121)122)109-88(135)69(45-139)111-79(126)48(4)99-73(118)43-98-80(127)60(102-50(6)114)21-12-14-33-92/h7-10,16-19,23-26,41-42,46-49,59-70,96-97,115,138-139H,11-15,20-22,27-40,43-45,91-92H2,1-6H3,(H2,93,116)(H2,94,123)(H,95,124)(H,98,127)(H,99,118)(H,100,125)(H,101,134)(H,102,114)(H,103,117)(H,104,131)(H,105,136)(H,106,132)(H,107,129)(H,108,128)(H,109,135)(H,110,133)(H,111,126)(H,112,130)(H,119,120)(H,121,122)/t47-,48-,49-,59-,60-,61-,62-,63-,64-,65-,66-,67-,68-,69-,70-/m1/s1. The van der Waals surface area contributed by atoms with Crippen molar-refractivity contribution in [2.75, 3.05) is 44.2 Å². The second-order valence-corrected chi connectivity index (χ2v) is 34.9. The first-order valence-electron chi connectivity index (χ1n) is 45.5. The van der Waals surface area contributed by atoms with E-state index in [1.54, 1.807) is 68.6 Å². The van der Waals surface area contributed by atoms with Crippen LogP contribution in [0.3, 0.4) is 0 Å². The van der Waals surface area contributed by atoms with Crippen molar-refractivity contribution >= 4 is 171 Å². The number of H-pyrrole nitrogens is 2. The summed E-state index contributed by atoms with van der Waals surface area (Å²) in [6, 6.07) is -3.91. The summed E-state index contributed by atoms with van der Waals surface area (Å²) < 4.78 is 0. The van der Waals surface area contributed by atoms with Gasteiger partial charge in [0, 0.05) is 104 Å². The van der Waals surface area contributed by atoms with Crippen molar-refractivity contribution in [2.45, 2.75) is 248 Å². The summed E-state index contributed by atoms with van der Waals surface area (Å²) in [4.78, 5) is 295. The highest BCUT2D eigenvalue weighted by Crippen LogP contribution is 2.25. The number of aromatic nitrogens is 2. The topological polar surface area (TPSA) is 751 Å². The molecule has 2 aromatic heterocycles. The lowest BCUT2D eigenvalue weighted by molar-refractivity contribution is -0.144. The average molecular weight is 1980 g/mol. The van der Waals surface area contributed by atoms with Crippen LogP contribution in [0.2, 0.25) is 0 Å². The molecule has 0 spiro atoms. The van der Waals surface area contributed by atoms with Gasteiger partial charge in [0.25, 0.3) is 0 Å². The van der Waals surface area contributed by atoms with Gasteiger partial charge in [-0.15, -0.1) is 0 Å². The number of aromatic hydroxyl groups is 1. The van der Waals surface area contributed by atoms with E-state index in [0.29, 0.717) is 71.7 Å². The lowest BCUT2D eigenvalue weighted by Crippen LogP contribution is -2.61. The highest BCUT2D eigenvalue weighted by molar-refractivity contribution is 7.80. The molecular weight excluding hydrogens is 1850 g/mol. The zero-order valence-corrected chi connectivity index (χ0v) is 79.9. The lowest BCUT2D eigenvalue weighted by atomic mass is 9.99. The molecule has 1 saturated heterocycles. The Hall–Kier alpha value is -14.0. The fourth-order valence-corrected chi connectivity index (χ4v) is 15.5. The van der Waals surface area contributed by atoms with Crippen molar-refractivity contribution in [1.29, 1.82) is 0 Å². The van der Waals surface area contributed by atoms with Crippen LogP contribution in [0.15, 0.2) is 85.2 Å². The lowest BCUT2D eigenvalue weighted by Gasteiger charge is -2.31. The van der Waals surface area contributed by atoms with E-state index < -0.39 is 272 Å². The number of nitrogens with one attached hydrogen (secondary N) is 18. The van der Waals surface area contributed by atoms with Gasteiger partial charge in [0.1, 0.15) is 96.4 Å². The minimum atomic E-state index is -2.02. The molecule has 760 valence electrons. The molecule has 1 aliphatic heterocycles. The van der Waals surface area contributed by atoms with Crippen LogP contribution < -0.4 is 108 Å². The van der Waals surface area contributed by atoms with Crippen LogP contribution >= 0.6 is 25.3 Å². The summed E-state index contributed by atoms with van der Waals surface area (Å²) in [7, 11) is 0. The average Bonchev–Trinajstić information content (AvgIpc) is 1.71. The summed E-state index contributed by atoms with van der Waals surface area (Å²) in [6.45, 7) is 8.18. The molecule has 15 atom stereocenters. The van der Waals surface area contributed by atoms with Crippen LogP contribution in [-0.2, 0) is 120 Å². The van der Waals surface area contributed by atoms with E-state index in [1.165, 1.54) is 58.2 Å². The fourth-order valence-electron chi connectivity index (χ4n) is 15.0. The first-order chi connectivity index (χ1) is 65.9. The molecule has 0 unspecified atom stereocenters. The van der Waals surface area contributed by atoms with Crippen LogP contribution in [0.4, 0.5) is 0 Å². The number of rotatable bonds is 60. The predicted molar refractivity (Wildman–Crippen MR) is 511 cm³/mol. The smallest absolute Gasteiger partial charge is 0.305 e. The van der Waals surface area contributed by atoms with Gasteiger partial charge in [-0.2, -0.15) is 25.3 Å². The second kappa shape index (κ2) is 57.3. The quantitative estimate of drug-likeness (QED) is 0.0128. The van der Waals surface area contributed by atoms with E-state index in [1.807, 2.05) is 0 Å². The van der Waals surface area contributed by atoms with Crippen LogP contribution in [0, 0.1) is 5.92 Å². The Morgan fingerprint density at radius 1 is 0.432 bits per heavy atom. The van der Waals surface area contributed by atoms with Crippen LogP contribution in [-0.4, -0.2) is 289 Å². The number of aromatic amines is 2. The molecule has 19 amide bonds. The predicted octanol–water partition coefficient (Wildman–Crippen LogP) is -4.88. The Kier molecular flexibility index (Phi) is 46.9. The number of phenolic OH excluding ortho intramolecular Hbond substituents is 1. The fraction of sp³-hybridized carbons (Fsp3) is 0.522. The normalized spacial score (nSPS) is 15.3. The number of phenols is 1. The van der Waals surface area contributed by atoms with Gasteiger partial charge in [-0.3, -0.25) is 101 Å². The van der Waals surface area contributed by atoms with Gasteiger partial charge < -0.3 is 138 Å². The molecule has 3 aromatic carbocycles. The Balaban J connectivity index is 1.22. The van der Waals surface area contributed by atoms with Crippen LogP contribution in [0.5, 0.6) is 5.75 Å². The maximum atomic E-state index is 15.4. The molecule has 29 N–H and O–H groups in total. The van der Waals surface area contributed by atoms with Crippen LogP contribution in [0.25, 0.3) is 21.8 Å². The van der Waals surface area contributed by atoms with Crippen molar-refractivity contribution in [1.82, 2.24) is 99.9 Å². The minimum Gasteiger partial charge on any atom is -0.508 e. The van der Waals surface area contributed by atoms with E-state index >= 15 is 24.0 Å². The van der Waals surface area contributed by atoms with E-state index in [0.717, 1.165) is 4.90 Å². The third-order valence-corrected chi connectivity index (χ3v) is 23.2. The molecule has 1 aliphatic rings. The molecule has 139 heavy (non-hydrogen) atoms. The van der Waals surface area contributed by atoms with E-state index in [4.69, 9.17) is 22.9 Å². The number of likely N-dealkylation sites (tertiary alicyclic amines) is 1. The molecule has 5 aromatic rings. The highest BCUT2D eigenvalue weighted by Gasteiger charge is 2.43. The van der Waals surface area contributed by atoms with E-state index in [2.05, 4.69) is 120 Å². The van der Waals surface area contributed by atoms with Gasteiger partial charge in [-0.25, -0.2) is 0 Å². The number of carboxylic acid groups (broad SMARTS) is 2. The SMILES string of the molecule is CC(=O)N[C@H](CCCCN)C(=O)NCC(=O)N[C@H](C)C(=O)N[C@H](CS)C(=O)N[C@H](CC(=O)O)C(=O)N[C@H](Cc1ccc(O)cc1)C(=O)N1CCC[C@@H]1C(=O)N[C@H](CCC(=O)O)C(=O)N[C@H](Cc1c[nH]c2ccccc12)C(=O)N[C@H](CCC(N)=O)C(=O)N[C@H](Cc1c[nH]c2ccccc12)C(=O)N[C@H](CC(C)C)C(=O)N[C@H](CS)C(=O)N[C@H](C)C(=O)N[C@H](C)C(=O)NCCC(=O)N[C@H](CCCCN)C(N)=O. The van der Waals surface area contributed by atoms with Crippen molar-refractivity contribution < 1.29 is 116 Å². The molecule has 49 heteroatoms.